The van der Waals surface area contributed by atoms with Gasteiger partial charge in [0.15, 0.2) is 5.01 Å². The first kappa shape index (κ1) is 12.9. The predicted molar refractivity (Wildman–Crippen MR) is 72.5 cm³/mol. The van der Waals surface area contributed by atoms with Crippen molar-refractivity contribution in [2.45, 2.75) is 19.0 Å². The molecular weight excluding hydrogens is 246 g/mol. The molecule has 0 bridgehead atoms. The van der Waals surface area contributed by atoms with Crippen LogP contribution in [0.1, 0.15) is 20.9 Å². The summed E-state index contributed by atoms with van der Waals surface area (Å²) in [5, 5.41) is 2.25. The number of nitrogens with two attached hydrogens (primary N) is 2. The number of hydrogen-bond acceptors (Lipinski definition) is 5. The maximum Gasteiger partial charge on any atom is 0.208 e. The highest BCUT2D eigenvalue weighted by molar-refractivity contribution is 7.11. The van der Waals surface area contributed by atoms with Gasteiger partial charge in [0.05, 0.1) is 6.04 Å². The molecule has 0 fully saturated rings. The highest BCUT2D eigenvalue weighted by atomic mass is 32.1. The van der Waals surface area contributed by atoms with Gasteiger partial charge in [0.2, 0.25) is 5.78 Å². The van der Waals surface area contributed by atoms with Gasteiger partial charge in [0.25, 0.3) is 0 Å². The second-order valence-electron chi connectivity index (χ2n) is 4.03. The molecule has 1 heterocycles. The van der Waals surface area contributed by atoms with Crippen molar-refractivity contribution in [3.05, 3.63) is 52.0 Å². The second-order valence-corrected chi connectivity index (χ2v) is 4.93. The number of ketones is 1. The van der Waals surface area contributed by atoms with Gasteiger partial charge in [-0.25, -0.2) is 4.98 Å². The Balaban J connectivity index is 2.02. The molecule has 0 aliphatic rings. The van der Waals surface area contributed by atoms with Crippen LogP contribution in [0, 0.1) is 0 Å². The Labute approximate surface area is 110 Å². The van der Waals surface area contributed by atoms with Crippen molar-refractivity contribution >= 4 is 17.1 Å². The minimum Gasteiger partial charge on any atom is -0.326 e. The predicted octanol–water partition coefficient (Wildman–Crippen LogP) is 1.35. The Morgan fingerprint density at radius 2 is 1.94 bits per heavy atom. The first-order valence-electron chi connectivity index (χ1n) is 5.68. The van der Waals surface area contributed by atoms with Gasteiger partial charge in [-0.15, -0.1) is 11.3 Å². The Kier molecular flexibility index (Phi) is 4.19. The van der Waals surface area contributed by atoms with Crippen LogP contribution < -0.4 is 11.5 Å². The molecule has 1 atom stereocenters. The first-order chi connectivity index (χ1) is 8.70. The molecule has 0 spiro atoms. The fraction of sp³-hybridized carbons (Fsp3) is 0.231. The minimum atomic E-state index is -0.542. The molecule has 0 amide bonds. The van der Waals surface area contributed by atoms with Crippen molar-refractivity contribution in [3.63, 3.8) is 0 Å². The van der Waals surface area contributed by atoms with Gasteiger partial charge in [-0.2, -0.15) is 0 Å². The van der Waals surface area contributed by atoms with E-state index in [2.05, 4.69) is 4.98 Å². The summed E-state index contributed by atoms with van der Waals surface area (Å²) in [7, 11) is 0. The highest BCUT2D eigenvalue weighted by Crippen LogP contribution is 2.11. The van der Waals surface area contributed by atoms with E-state index >= 15 is 0 Å². The lowest BCUT2D eigenvalue weighted by Crippen LogP contribution is -2.32. The van der Waals surface area contributed by atoms with Gasteiger partial charge in [0, 0.05) is 18.1 Å². The maximum atomic E-state index is 11.9. The molecule has 2 rings (SSSR count). The Hall–Kier alpha value is -1.56. The Morgan fingerprint density at radius 1 is 1.28 bits per heavy atom. The largest absolute Gasteiger partial charge is 0.326 e. The standard InChI is InChI=1S/C13H15N3OS/c14-8-10-3-1-9(2-4-10)7-11(15)12(17)13-16-5-6-18-13/h1-6,11H,7-8,14-15H2. The van der Waals surface area contributed by atoms with Crippen LogP contribution in [0.15, 0.2) is 35.8 Å². The van der Waals surface area contributed by atoms with Gasteiger partial charge in [-0.1, -0.05) is 24.3 Å². The molecule has 1 aromatic carbocycles. The molecule has 5 heteroatoms. The lowest BCUT2D eigenvalue weighted by molar-refractivity contribution is 0.0960. The van der Waals surface area contributed by atoms with Crippen molar-refractivity contribution < 1.29 is 4.79 Å². The van der Waals surface area contributed by atoms with Crippen LogP contribution in [0.4, 0.5) is 0 Å². The van der Waals surface area contributed by atoms with Crippen molar-refractivity contribution in [3.8, 4) is 0 Å². The number of aromatic nitrogens is 1. The molecule has 0 aliphatic carbocycles. The van der Waals surface area contributed by atoms with E-state index in [0.29, 0.717) is 18.0 Å². The van der Waals surface area contributed by atoms with Crippen LogP contribution in [-0.4, -0.2) is 16.8 Å². The van der Waals surface area contributed by atoms with Crippen molar-refractivity contribution in [2.75, 3.05) is 0 Å². The summed E-state index contributed by atoms with van der Waals surface area (Å²) in [4.78, 5) is 15.9. The normalized spacial score (nSPS) is 12.3. The number of Topliss-reactive ketones (excluding diaryl/α,β-unsaturated/α-hetero) is 1. The summed E-state index contributed by atoms with van der Waals surface area (Å²) in [5.41, 5.74) is 13.5. The van der Waals surface area contributed by atoms with Crippen LogP contribution in [-0.2, 0) is 13.0 Å². The number of carbonyl (C=O) groups excluding carboxylic acids is 1. The number of carbonyl (C=O) groups is 1. The zero-order valence-corrected chi connectivity index (χ0v) is 10.7. The first-order valence-corrected chi connectivity index (χ1v) is 6.56. The third kappa shape index (κ3) is 3.01. The van der Waals surface area contributed by atoms with E-state index in [1.165, 1.54) is 11.3 Å². The smallest absolute Gasteiger partial charge is 0.208 e. The van der Waals surface area contributed by atoms with Gasteiger partial charge in [-0.3, -0.25) is 4.79 Å². The number of benzene rings is 1. The molecule has 1 unspecified atom stereocenters. The van der Waals surface area contributed by atoms with Crippen LogP contribution in [0.2, 0.25) is 0 Å². The Bertz CT molecular complexity index is 508. The van der Waals surface area contributed by atoms with E-state index in [9.17, 15) is 4.79 Å². The summed E-state index contributed by atoms with van der Waals surface area (Å²) in [6, 6.07) is 7.28. The second kappa shape index (κ2) is 5.86. The van der Waals surface area contributed by atoms with Crippen LogP contribution in [0.3, 0.4) is 0 Å². The highest BCUT2D eigenvalue weighted by Gasteiger charge is 2.18. The number of thiazole rings is 1. The molecule has 0 aliphatic heterocycles. The summed E-state index contributed by atoms with van der Waals surface area (Å²) in [6.45, 7) is 0.518. The molecule has 4 nitrogen and oxygen atoms in total. The van der Waals surface area contributed by atoms with Crippen molar-refractivity contribution in [2.24, 2.45) is 11.5 Å². The maximum absolute atomic E-state index is 11.9. The van der Waals surface area contributed by atoms with E-state index < -0.39 is 6.04 Å². The summed E-state index contributed by atoms with van der Waals surface area (Å²) >= 11 is 1.32. The average molecular weight is 261 g/mol. The van der Waals surface area contributed by atoms with Gasteiger partial charge in [0.1, 0.15) is 0 Å². The zero-order chi connectivity index (χ0) is 13.0. The SMILES string of the molecule is NCc1ccc(CC(N)C(=O)c2nccs2)cc1. The van der Waals surface area contributed by atoms with Gasteiger partial charge >= 0.3 is 0 Å². The van der Waals surface area contributed by atoms with E-state index in [1.807, 2.05) is 24.3 Å². The topological polar surface area (TPSA) is 82.0 Å². The number of hydrogen-bond donors (Lipinski definition) is 2. The Morgan fingerprint density at radius 3 is 2.50 bits per heavy atom. The lowest BCUT2D eigenvalue weighted by Gasteiger charge is -2.09. The molecule has 0 saturated carbocycles. The third-order valence-corrected chi connectivity index (χ3v) is 3.48. The molecule has 4 N–H and O–H groups in total. The molecule has 18 heavy (non-hydrogen) atoms. The summed E-state index contributed by atoms with van der Waals surface area (Å²) in [6.07, 6.45) is 2.13. The summed E-state index contributed by atoms with van der Waals surface area (Å²) < 4.78 is 0. The molecular formula is C13H15N3OS. The van der Waals surface area contributed by atoms with Crippen LogP contribution >= 0.6 is 11.3 Å². The van der Waals surface area contributed by atoms with E-state index in [-0.39, 0.29) is 5.78 Å². The lowest BCUT2D eigenvalue weighted by atomic mass is 10.0. The molecule has 1 aromatic heterocycles. The number of rotatable bonds is 5. The van der Waals surface area contributed by atoms with E-state index in [4.69, 9.17) is 11.5 Å². The van der Waals surface area contributed by atoms with Crippen LogP contribution in [0.5, 0.6) is 0 Å². The quantitative estimate of drug-likeness (QED) is 0.796. The summed E-state index contributed by atoms with van der Waals surface area (Å²) in [5.74, 6) is -0.104. The van der Waals surface area contributed by atoms with E-state index in [1.54, 1.807) is 11.6 Å². The third-order valence-electron chi connectivity index (χ3n) is 2.69. The monoisotopic (exact) mass is 261 g/mol. The average Bonchev–Trinajstić information content (AvgIpc) is 2.92. The molecule has 0 saturated heterocycles. The fourth-order valence-corrected chi connectivity index (χ4v) is 2.30. The zero-order valence-electron chi connectivity index (χ0n) is 9.87. The molecule has 0 radical (unpaired) electrons. The van der Waals surface area contributed by atoms with Crippen LogP contribution in [0.25, 0.3) is 0 Å². The van der Waals surface area contributed by atoms with Gasteiger partial charge < -0.3 is 11.5 Å². The van der Waals surface area contributed by atoms with Crippen molar-refractivity contribution in [1.82, 2.24) is 4.98 Å². The van der Waals surface area contributed by atoms with Gasteiger partial charge in [-0.05, 0) is 17.5 Å². The van der Waals surface area contributed by atoms with Crippen molar-refractivity contribution in [1.29, 1.82) is 0 Å². The minimum absolute atomic E-state index is 0.104. The molecule has 2 aromatic rings. The number of nitrogens with zero attached hydrogens (tertiary/aromatic N) is 1. The fourth-order valence-electron chi connectivity index (χ4n) is 1.66. The van der Waals surface area contributed by atoms with E-state index in [0.717, 1.165) is 11.1 Å². The molecule has 94 valence electrons.